The van der Waals surface area contributed by atoms with Gasteiger partial charge in [0, 0.05) is 12.7 Å². The van der Waals surface area contributed by atoms with E-state index in [1.807, 2.05) is 6.07 Å². The van der Waals surface area contributed by atoms with Gasteiger partial charge < -0.3 is 10.2 Å². The van der Waals surface area contributed by atoms with Gasteiger partial charge >= 0.3 is 0 Å². The Morgan fingerprint density at radius 1 is 1.47 bits per heavy atom. The summed E-state index contributed by atoms with van der Waals surface area (Å²) >= 11 is 5.72. The topological polar surface area (TPSA) is 48.1 Å². The molecule has 0 aliphatic heterocycles. The molecule has 15 heavy (non-hydrogen) atoms. The summed E-state index contributed by atoms with van der Waals surface area (Å²) in [6, 6.07) is 3.67. The summed E-state index contributed by atoms with van der Waals surface area (Å²) in [6.45, 7) is 6.88. The minimum atomic E-state index is -1.58. The van der Waals surface area contributed by atoms with Crippen molar-refractivity contribution in [3.63, 3.8) is 0 Å². The van der Waals surface area contributed by atoms with Crippen LogP contribution in [0, 0.1) is 0 Å². The third-order valence-corrected chi connectivity index (χ3v) is 3.05. The van der Waals surface area contributed by atoms with E-state index in [0.29, 0.717) is 11.7 Å². The van der Waals surface area contributed by atoms with Crippen LogP contribution in [0.2, 0.25) is 24.8 Å². The maximum absolute atomic E-state index is 5.94. The molecular formula is C10H17ClN2OSi. The molecule has 3 nitrogen and oxygen atoms in total. The molecule has 0 amide bonds. The van der Waals surface area contributed by atoms with E-state index in [1.54, 1.807) is 12.3 Å². The number of nitrogens with two attached hydrogens (primary N) is 1. The molecule has 1 rings (SSSR count). The number of hydrogen-bond acceptors (Lipinski definition) is 3. The Morgan fingerprint density at radius 2 is 2.13 bits per heavy atom. The van der Waals surface area contributed by atoms with E-state index in [4.69, 9.17) is 21.8 Å². The molecule has 5 heteroatoms. The van der Waals surface area contributed by atoms with Gasteiger partial charge in [-0.3, -0.25) is 0 Å². The van der Waals surface area contributed by atoms with Crippen molar-refractivity contribution in [2.45, 2.75) is 25.7 Å². The molecular weight excluding hydrogens is 228 g/mol. The zero-order chi connectivity index (χ0) is 11.5. The number of halogens is 1. The van der Waals surface area contributed by atoms with Crippen LogP contribution in [-0.2, 0) is 4.43 Å². The Morgan fingerprint density at radius 3 is 2.53 bits per heavy atom. The van der Waals surface area contributed by atoms with Crippen LogP contribution in [-0.4, -0.2) is 19.8 Å². The molecule has 0 aliphatic rings. The average molecular weight is 245 g/mol. The van der Waals surface area contributed by atoms with Crippen molar-refractivity contribution in [2.75, 3.05) is 6.54 Å². The molecule has 0 saturated carbocycles. The van der Waals surface area contributed by atoms with Crippen LogP contribution in [0.4, 0.5) is 0 Å². The van der Waals surface area contributed by atoms with Gasteiger partial charge in [0.25, 0.3) is 0 Å². The van der Waals surface area contributed by atoms with Crippen molar-refractivity contribution < 1.29 is 4.43 Å². The highest BCUT2D eigenvalue weighted by Crippen LogP contribution is 2.21. The van der Waals surface area contributed by atoms with Crippen LogP contribution in [0.15, 0.2) is 18.3 Å². The Hall–Kier alpha value is -0.423. The zero-order valence-electron chi connectivity index (χ0n) is 9.33. The summed E-state index contributed by atoms with van der Waals surface area (Å²) in [7, 11) is -1.58. The highest BCUT2D eigenvalue weighted by Gasteiger charge is 2.21. The summed E-state index contributed by atoms with van der Waals surface area (Å²) in [5.74, 6) is 0. The molecule has 2 N–H and O–H groups in total. The third kappa shape index (κ3) is 4.30. The first-order valence-corrected chi connectivity index (χ1v) is 8.70. The Kier molecular flexibility index (Phi) is 4.28. The van der Waals surface area contributed by atoms with Gasteiger partial charge in [-0.1, -0.05) is 17.7 Å². The molecule has 0 aromatic carbocycles. The summed E-state index contributed by atoms with van der Waals surface area (Å²) in [4.78, 5) is 4.02. The van der Waals surface area contributed by atoms with Gasteiger partial charge in [-0.2, -0.15) is 0 Å². The highest BCUT2D eigenvalue weighted by atomic mass is 35.5. The fourth-order valence-corrected chi connectivity index (χ4v) is 2.45. The number of aromatic nitrogens is 1. The average Bonchev–Trinajstić information content (AvgIpc) is 2.14. The second kappa shape index (κ2) is 5.07. The summed E-state index contributed by atoms with van der Waals surface area (Å²) in [5.41, 5.74) is 6.68. The number of nitrogens with zero attached hydrogens (tertiary/aromatic N) is 1. The quantitative estimate of drug-likeness (QED) is 0.654. The van der Waals surface area contributed by atoms with Crippen LogP contribution in [0.5, 0.6) is 0 Å². The minimum absolute atomic E-state index is 0.0681. The molecule has 0 spiro atoms. The van der Waals surface area contributed by atoms with Gasteiger partial charge in [-0.05, 0) is 31.3 Å². The summed E-state index contributed by atoms with van der Waals surface area (Å²) in [6.07, 6.45) is 1.65. The molecule has 1 aromatic rings. The lowest BCUT2D eigenvalue weighted by atomic mass is 10.2. The van der Waals surface area contributed by atoms with E-state index in [2.05, 4.69) is 24.6 Å². The van der Waals surface area contributed by atoms with Gasteiger partial charge in [0.15, 0.2) is 8.32 Å². The maximum atomic E-state index is 5.94. The smallest absolute Gasteiger partial charge is 0.184 e. The first-order chi connectivity index (χ1) is 6.92. The second-order valence-corrected chi connectivity index (χ2v) is 9.22. The number of hydrogen-bond donors (Lipinski definition) is 1. The van der Waals surface area contributed by atoms with E-state index < -0.39 is 8.32 Å². The fourth-order valence-electron chi connectivity index (χ4n) is 1.26. The fraction of sp³-hybridized carbons (Fsp3) is 0.500. The normalized spacial score (nSPS) is 13.9. The largest absolute Gasteiger partial charge is 0.409 e. The SMILES string of the molecule is C[Si](C)(C)OC(CN)c1ccc(Cl)nc1. The van der Waals surface area contributed by atoms with Crippen LogP contribution >= 0.6 is 11.6 Å². The number of pyridine rings is 1. The van der Waals surface area contributed by atoms with E-state index >= 15 is 0 Å². The molecule has 0 bridgehead atoms. The van der Waals surface area contributed by atoms with Crippen molar-refractivity contribution in [2.24, 2.45) is 5.73 Å². The first-order valence-electron chi connectivity index (χ1n) is 4.92. The van der Waals surface area contributed by atoms with Crippen molar-refractivity contribution in [3.8, 4) is 0 Å². The van der Waals surface area contributed by atoms with Gasteiger partial charge in [0.05, 0.1) is 6.10 Å². The van der Waals surface area contributed by atoms with Crippen molar-refractivity contribution >= 4 is 19.9 Å². The summed E-state index contributed by atoms with van der Waals surface area (Å²) in [5, 5.41) is 0.488. The zero-order valence-corrected chi connectivity index (χ0v) is 11.1. The van der Waals surface area contributed by atoms with Crippen LogP contribution in [0.1, 0.15) is 11.7 Å². The lowest BCUT2D eigenvalue weighted by Gasteiger charge is -2.25. The van der Waals surface area contributed by atoms with E-state index in [0.717, 1.165) is 5.56 Å². The summed E-state index contributed by atoms with van der Waals surface area (Å²) < 4.78 is 5.94. The van der Waals surface area contributed by atoms with Crippen molar-refractivity contribution in [1.82, 2.24) is 4.98 Å². The standard InChI is InChI=1S/C10H17ClN2OSi/c1-15(2,3)14-9(6-12)8-4-5-10(11)13-7-8/h4-5,7,9H,6,12H2,1-3H3. The molecule has 0 saturated heterocycles. The number of rotatable bonds is 4. The Labute approximate surface area is 96.7 Å². The molecule has 0 radical (unpaired) electrons. The van der Waals surface area contributed by atoms with E-state index in [-0.39, 0.29) is 6.10 Å². The predicted octanol–water partition coefficient (Wildman–Crippen LogP) is 2.59. The molecule has 1 unspecified atom stereocenters. The molecule has 84 valence electrons. The minimum Gasteiger partial charge on any atom is -0.409 e. The van der Waals surface area contributed by atoms with Crippen LogP contribution in [0.3, 0.4) is 0 Å². The second-order valence-electron chi connectivity index (χ2n) is 4.37. The van der Waals surface area contributed by atoms with Gasteiger partial charge in [-0.25, -0.2) is 4.98 Å². The van der Waals surface area contributed by atoms with Gasteiger partial charge in [-0.15, -0.1) is 0 Å². The lowest BCUT2D eigenvalue weighted by molar-refractivity contribution is 0.206. The first kappa shape index (κ1) is 12.6. The molecule has 1 aromatic heterocycles. The van der Waals surface area contributed by atoms with Crippen LogP contribution < -0.4 is 5.73 Å². The van der Waals surface area contributed by atoms with Crippen LogP contribution in [0.25, 0.3) is 0 Å². The lowest BCUT2D eigenvalue weighted by Crippen LogP contribution is -2.31. The third-order valence-electron chi connectivity index (χ3n) is 1.83. The molecule has 0 aliphatic carbocycles. The molecule has 0 fully saturated rings. The van der Waals surface area contributed by atoms with Crippen molar-refractivity contribution in [1.29, 1.82) is 0 Å². The highest BCUT2D eigenvalue weighted by molar-refractivity contribution is 6.69. The Balaban J connectivity index is 2.79. The molecule has 1 atom stereocenters. The van der Waals surface area contributed by atoms with E-state index in [1.165, 1.54) is 0 Å². The predicted molar refractivity (Wildman–Crippen MR) is 65.5 cm³/mol. The van der Waals surface area contributed by atoms with Gasteiger partial charge in [0.1, 0.15) is 5.15 Å². The van der Waals surface area contributed by atoms with Gasteiger partial charge in [0.2, 0.25) is 0 Å². The van der Waals surface area contributed by atoms with Crippen molar-refractivity contribution in [3.05, 3.63) is 29.0 Å². The van der Waals surface area contributed by atoms with E-state index in [9.17, 15) is 0 Å². The Bertz CT molecular complexity index is 310. The molecule has 1 heterocycles. The monoisotopic (exact) mass is 244 g/mol. The maximum Gasteiger partial charge on any atom is 0.184 e.